The first-order valence-electron chi connectivity index (χ1n) is 6.09. The number of rotatable bonds is 3. The number of anilines is 1. The van der Waals surface area contributed by atoms with E-state index in [0.29, 0.717) is 0 Å². The Balaban J connectivity index is 2.59. The lowest BCUT2D eigenvalue weighted by atomic mass is 9.98. The third-order valence-corrected chi connectivity index (χ3v) is 3.34. The summed E-state index contributed by atoms with van der Waals surface area (Å²) in [5.74, 6) is 0.961. The van der Waals surface area contributed by atoms with Crippen molar-refractivity contribution in [3.05, 3.63) is 47.5 Å². The van der Waals surface area contributed by atoms with Crippen molar-refractivity contribution in [2.45, 2.75) is 13.8 Å². The molecule has 0 aliphatic rings. The standard InChI is InChI=1S/C16H19NO/c1-11-8-9-15(16(18-4)12(11)2)13-6-5-7-14(10-13)17-3/h5-10,17H,1-4H3. The molecule has 0 radical (unpaired) electrons. The van der Waals surface area contributed by atoms with E-state index in [4.69, 9.17) is 4.74 Å². The number of hydrogen-bond acceptors (Lipinski definition) is 2. The highest BCUT2D eigenvalue weighted by atomic mass is 16.5. The number of nitrogens with one attached hydrogen (secondary N) is 1. The summed E-state index contributed by atoms with van der Waals surface area (Å²) in [7, 11) is 3.66. The van der Waals surface area contributed by atoms with Crippen LogP contribution < -0.4 is 10.1 Å². The highest BCUT2D eigenvalue weighted by Crippen LogP contribution is 2.35. The molecule has 0 saturated carbocycles. The van der Waals surface area contributed by atoms with Gasteiger partial charge >= 0.3 is 0 Å². The van der Waals surface area contributed by atoms with Crippen LogP contribution in [0.15, 0.2) is 36.4 Å². The first-order valence-corrected chi connectivity index (χ1v) is 6.09. The van der Waals surface area contributed by atoms with E-state index in [9.17, 15) is 0 Å². The average molecular weight is 241 g/mol. The molecule has 2 aromatic rings. The van der Waals surface area contributed by atoms with Crippen molar-refractivity contribution in [3.63, 3.8) is 0 Å². The Hall–Kier alpha value is -1.96. The Morgan fingerprint density at radius 1 is 1.06 bits per heavy atom. The van der Waals surface area contributed by atoms with Gasteiger partial charge in [0.2, 0.25) is 0 Å². The number of ether oxygens (including phenoxy) is 1. The fraction of sp³-hybridized carbons (Fsp3) is 0.250. The number of hydrogen-bond donors (Lipinski definition) is 1. The van der Waals surface area contributed by atoms with E-state index in [1.807, 2.05) is 7.05 Å². The van der Waals surface area contributed by atoms with Gasteiger partial charge in [-0.1, -0.05) is 24.3 Å². The van der Waals surface area contributed by atoms with Gasteiger partial charge < -0.3 is 10.1 Å². The molecule has 0 atom stereocenters. The number of methoxy groups -OCH3 is 1. The lowest BCUT2D eigenvalue weighted by molar-refractivity contribution is 0.413. The summed E-state index contributed by atoms with van der Waals surface area (Å²) in [5.41, 5.74) is 5.86. The monoisotopic (exact) mass is 241 g/mol. The van der Waals surface area contributed by atoms with Crippen LogP contribution >= 0.6 is 0 Å². The first kappa shape index (κ1) is 12.5. The van der Waals surface area contributed by atoms with E-state index in [1.54, 1.807) is 7.11 Å². The molecule has 2 aromatic carbocycles. The average Bonchev–Trinajstić information content (AvgIpc) is 2.41. The zero-order valence-electron chi connectivity index (χ0n) is 11.4. The summed E-state index contributed by atoms with van der Waals surface area (Å²) in [6.07, 6.45) is 0. The maximum Gasteiger partial charge on any atom is 0.129 e. The second-order valence-electron chi connectivity index (χ2n) is 4.42. The van der Waals surface area contributed by atoms with Gasteiger partial charge in [0.1, 0.15) is 5.75 Å². The largest absolute Gasteiger partial charge is 0.496 e. The summed E-state index contributed by atoms with van der Waals surface area (Å²) >= 11 is 0. The Bertz CT molecular complexity index is 561. The zero-order valence-corrected chi connectivity index (χ0v) is 11.4. The van der Waals surface area contributed by atoms with Gasteiger partial charge in [0.15, 0.2) is 0 Å². The smallest absolute Gasteiger partial charge is 0.129 e. The molecule has 94 valence electrons. The molecule has 2 nitrogen and oxygen atoms in total. The van der Waals surface area contributed by atoms with Crippen LogP contribution in [0.2, 0.25) is 0 Å². The Morgan fingerprint density at radius 3 is 2.50 bits per heavy atom. The van der Waals surface area contributed by atoms with Crippen molar-refractivity contribution >= 4 is 5.69 Å². The van der Waals surface area contributed by atoms with E-state index in [1.165, 1.54) is 16.7 Å². The number of aryl methyl sites for hydroxylation is 1. The van der Waals surface area contributed by atoms with Crippen LogP contribution in [-0.2, 0) is 0 Å². The molecule has 0 aliphatic carbocycles. The van der Waals surface area contributed by atoms with Gasteiger partial charge in [0.25, 0.3) is 0 Å². The lowest BCUT2D eigenvalue weighted by Crippen LogP contribution is -1.94. The highest BCUT2D eigenvalue weighted by Gasteiger charge is 2.10. The quantitative estimate of drug-likeness (QED) is 0.876. The van der Waals surface area contributed by atoms with Gasteiger partial charge in [0, 0.05) is 18.3 Å². The van der Waals surface area contributed by atoms with E-state index in [-0.39, 0.29) is 0 Å². The molecule has 0 unspecified atom stereocenters. The van der Waals surface area contributed by atoms with Crippen molar-refractivity contribution < 1.29 is 4.74 Å². The van der Waals surface area contributed by atoms with Crippen molar-refractivity contribution in [1.29, 1.82) is 0 Å². The molecule has 2 rings (SSSR count). The van der Waals surface area contributed by atoms with Gasteiger partial charge in [-0.25, -0.2) is 0 Å². The maximum absolute atomic E-state index is 5.56. The summed E-state index contributed by atoms with van der Waals surface area (Å²) in [6.45, 7) is 4.20. The molecule has 1 N–H and O–H groups in total. The zero-order chi connectivity index (χ0) is 13.1. The summed E-state index contributed by atoms with van der Waals surface area (Å²) < 4.78 is 5.56. The van der Waals surface area contributed by atoms with Gasteiger partial charge in [-0.05, 0) is 42.7 Å². The summed E-state index contributed by atoms with van der Waals surface area (Å²) in [6, 6.07) is 12.6. The molecule has 0 amide bonds. The second-order valence-corrected chi connectivity index (χ2v) is 4.42. The fourth-order valence-electron chi connectivity index (χ4n) is 2.12. The molecule has 0 fully saturated rings. The molecule has 0 saturated heterocycles. The topological polar surface area (TPSA) is 21.3 Å². The van der Waals surface area contributed by atoms with E-state index in [2.05, 4.69) is 55.6 Å². The minimum atomic E-state index is 0.961. The fourth-order valence-corrected chi connectivity index (χ4v) is 2.12. The minimum Gasteiger partial charge on any atom is -0.496 e. The van der Waals surface area contributed by atoms with Crippen LogP contribution in [0, 0.1) is 13.8 Å². The molecule has 18 heavy (non-hydrogen) atoms. The Morgan fingerprint density at radius 2 is 1.83 bits per heavy atom. The van der Waals surface area contributed by atoms with Gasteiger partial charge in [-0.15, -0.1) is 0 Å². The van der Waals surface area contributed by atoms with Crippen LogP contribution in [0.3, 0.4) is 0 Å². The van der Waals surface area contributed by atoms with Gasteiger partial charge in [0.05, 0.1) is 7.11 Å². The molecule has 0 aliphatic heterocycles. The first-order chi connectivity index (χ1) is 8.67. The molecular formula is C16H19NO. The molecule has 0 heterocycles. The molecule has 0 aromatic heterocycles. The number of benzene rings is 2. The maximum atomic E-state index is 5.56. The van der Waals surface area contributed by atoms with Gasteiger partial charge in [-0.3, -0.25) is 0 Å². The molecule has 0 spiro atoms. The Kier molecular flexibility index (Phi) is 3.56. The van der Waals surface area contributed by atoms with E-state index in [0.717, 1.165) is 17.0 Å². The third-order valence-electron chi connectivity index (χ3n) is 3.34. The Labute approximate surface area is 109 Å². The van der Waals surface area contributed by atoms with Crippen LogP contribution in [0.1, 0.15) is 11.1 Å². The van der Waals surface area contributed by atoms with Crippen LogP contribution in [0.4, 0.5) is 5.69 Å². The van der Waals surface area contributed by atoms with Crippen molar-refractivity contribution in [2.24, 2.45) is 0 Å². The summed E-state index contributed by atoms with van der Waals surface area (Å²) in [4.78, 5) is 0. The normalized spacial score (nSPS) is 10.2. The predicted octanol–water partition coefficient (Wildman–Crippen LogP) is 4.02. The van der Waals surface area contributed by atoms with Crippen molar-refractivity contribution in [1.82, 2.24) is 0 Å². The van der Waals surface area contributed by atoms with Crippen molar-refractivity contribution in [2.75, 3.05) is 19.5 Å². The third kappa shape index (κ3) is 2.19. The minimum absolute atomic E-state index is 0.961. The molecule has 0 bridgehead atoms. The van der Waals surface area contributed by atoms with Crippen molar-refractivity contribution in [3.8, 4) is 16.9 Å². The second kappa shape index (κ2) is 5.13. The lowest BCUT2D eigenvalue weighted by Gasteiger charge is -2.14. The molecular weight excluding hydrogens is 222 g/mol. The van der Waals surface area contributed by atoms with E-state index >= 15 is 0 Å². The van der Waals surface area contributed by atoms with Crippen LogP contribution in [0.5, 0.6) is 5.75 Å². The molecule has 2 heteroatoms. The highest BCUT2D eigenvalue weighted by molar-refractivity contribution is 5.75. The van der Waals surface area contributed by atoms with Crippen LogP contribution in [0.25, 0.3) is 11.1 Å². The van der Waals surface area contributed by atoms with E-state index < -0.39 is 0 Å². The summed E-state index contributed by atoms with van der Waals surface area (Å²) in [5, 5.41) is 3.16. The van der Waals surface area contributed by atoms with Crippen LogP contribution in [-0.4, -0.2) is 14.2 Å². The predicted molar refractivity (Wildman–Crippen MR) is 77.5 cm³/mol. The SMILES string of the molecule is CNc1cccc(-c2ccc(C)c(C)c2OC)c1. The van der Waals surface area contributed by atoms with Gasteiger partial charge in [-0.2, -0.15) is 0 Å².